The van der Waals surface area contributed by atoms with E-state index in [0.29, 0.717) is 0 Å². The molecular formula is C21H18F2N2O9. The minimum Gasteiger partial charge on any atom is -0.493 e. The number of anilines is 1. The van der Waals surface area contributed by atoms with E-state index in [0.717, 1.165) is 45.6 Å². The topological polar surface area (TPSA) is 143 Å². The van der Waals surface area contributed by atoms with E-state index in [9.17, 15) is 33.3 Å². The summed E-state index contributed by atoms with van der Waals surface area (Å²) in [7, 11) is 3.41. The summed E-state index contributed by atoms with van der Waals surface area (Å²) in [5.74, 6) is -3.12. The van der Waals surface area contributed by atoms with E-state index in [1.807, 2.05) is 0 Å². The molecule has 2 rings (SSSR count). The number of benzene rings is 2. The van der Waals surface area contributed by atoms with Crippen molar-refractivity contribution in [1.29, 1.82) is 0 Å². The number of esters is 2. The molecule has 2 aromatic carbocycles. The SMILES string of the molecule is COC(=O)c1cc(NC(=O)/C=C/c2cc(OC)c(OC(F)F)cc2[N+](=O)[O-])cc(C(=O)OC)c1. The molecule has 0 aromatic heterocycles. The third-order valence-corrected chi connectivity index (χ3v) is 4.18. The van der Waals surface area contributed by atoms with E-state index in [1.54, 1.807) is 0 Å². The van der Waals surface area contributed by atoms with Crippen LogP contribution in [-0.2, 0) is 14.3 Å². The second kappa shape index (κ2) is 11.4. The number of halogens is 2. The molecular weight excluding hydrogens is 462 g/mol. The van der Waals surface area contributed by atoms with Gasteiger partial charge in [-0.05, 0) is 30.3 Å². The molecule has 1 N–H and O–H groups in total. The van der Waals surface area contributed by atoms with Crippen molar-refractivity contribution in [2.24, 2.45) is 0 Å². The Bertz CT molecular complexity index is 1120. The average molecular weight is 480 g/mol. The van der Waals surface area contributed by atoms with Crippen molar-refractivity contribution < 1.29 is 47.0 Å². The van der Waals surface area contributed by atoms with Gasteiger partial charge < -0.3 is 24.3 Å². The number of carbonyl (C=O) groups excluding carboxylic acids is 3. The van der Waals surface area contributed by atoms with Gasteiger partial charge in [0, 0.05) is 11.8 Å². The van der Waals surface area contributed by atoms with Gasteiger partial charge >= 0.3 is 18.6 Å². The Morgan fingerprint density at radius 3 is 2.03 bits per heavy atom. The van der Waals surface area contributed by atoms with Crippen molar-refractivity contribution in [3.63, 3.8) is 0 Å². The first kappa shape index (κ1) is 25.7. The normalized spacial score (nSPS) is 10.6. The van der Waals surface area contributed by atoms with Crippen LogP contribution in [0.2, 0.25) is 0 Å². The van der Waals surface area contributed by atoms with Gasteiger partial charge in [0.05, 0.1) is 49.0 Å². The van der Waals surface area contributed by atoms with Crippen LogP contribution in [0.1, 0.15) is 26.3 Å². The van der Waals surface area contributed by atoms with Gasteiger partial charge in [-0.15, -0.1) is 0 Å². The Kier molecular flexibility index (Phi) is 8.59. The maximum absolute atomic E-state index is 12.6. The molecule has 13 heteroatoms. The second-order valence-electron chi connectivity index (χ2n) is 6.30. The summed E-state index contributed by atoms with van der Waals surface area (Å²) in [4.78, 5) is 46.6. The number of nitro benzene ring substituents is 1. The Labute approximate surface area is 191 Å². The fraction of sp³-hybridized carbons (Fsp3) is 0.190. The van der Waals surface area contributed by atoms with Crippen LogP contribution in [0.4, 0.5) is 20.2 Å². The quantitative estimate of drug-likeness (QED) is 0.247. The van der Waals surface area contributed by atoms with Crippen LogP contribution >= 0.6 is 0 Å². The number of nitrogens with zero attached hydrogens (tertiary/aromatic N) is 1. The Balaban J connectivity index is 2.36. The summed E-state index contributed by atoms with van der Waals surface area (Å²) in [5, 5.41) is 13.8. The van der Waals surface area contributed by atoms with Crippen LogP contribution in [0.3, 0.4) is 0 Å². The maximum atomic E-state index is 12.6. The van der Waals surface area contributed by atoms with Gasteiger partial charge in [0.15, 0.2) is 11.5 Å². The van der Waals surface area contributed by atoms with Gasteiger partial charge in [0.1, 0.15) is 0 Å². The molecule has 1 amide bonds. The smallest absolute Gasteiger partial charge is 0.387 e. The number of methoxy groups -OCH3 is 3. The summed E-state index contributed by atoms with van der Waals surface area (Å²) in [6, 6.07) is 5.48. The lowest BCUT2D eigenvalue weighted by Crippen LogP contribution is -2.12. The number of rotatable bonds is 9. The molecule has 0 atom stereocenters. The van der Waals surface area contributed by atoms with Gasteiger partial charge in [-0.2, -0.15) is 8.78 Å². The monoisotopic (exact) mass is 480 g/mol. The molecule has 0 saturated heterocycles. The minimum absolute atomic E-state index is 0.0331. The number of nitro groups is 1. The van der Waals surface area contributed by atoms with Crippen molar-refractivity contribution in [3.8, 4) is 11.5 Å². The molecule has 0 spiro atoms. The number of amides is 1. The lowest BCUT2D eigenvalue weighted by atomic mass is 10.1. The molecule has 180 valence electrons. The summed E-state index contributed by atoms with van der Waals surface area (Å²) in [6.07, 6.45) is 1.96. The van der Waals surface area contributed by atoms with Crippen LogP contribution in [-0.4, -0.2) is 50.7 Å². The van der Waals surface area contributed by atoms with E-state index in [2.05, 4.69) is 19.5 Å². The Morgan fingerprint density at radius 2 is 1.56 bits per heavy atom. The van der Waals surface area contributed by atoms with Crippen LogP contribution in [0.15, 0.2) is 36.4 Å². The molecule has 0 saturated carbocycles. The fourth-order valence-corrected chi connectivity index (χ4v) is 2.72. The number of carbonyl (C=O) groups is 3. The van der Waals surface area contributed by atoms with Crippen molar-refractivity contribution in [2.75, 3.05) is 26.6 Å². The van der Waals surface area contributed by atoms with Gasteiger partial charge in [0.2, 0.25) is 5.91 Å². The highest BCUT2D eigenvalue weighted by molar-refractivity contribution is 6.04. The van der Waals surface area contributed by atoms with Crippen molar-refractivity contribution in [1.82, 2.24) is 0 Å². The molecule has 2 aromatic rings. The maximum Gasteiger partial charge on any atom is 0.387 e. The van der Waals surface area contributed by atoms with Crippen LogP contribution in [0, 0.1) is 10.1 Å². The lowest BCUT2D eigenvalue weighted by Gasteiger charge is -2.11. The molecule has 0 unspecified atom stereocenters. The summed E-state index contributed by atoms with van der Waals surface area (Å²) in [5.41, 5.74) is -0.816. The number of ether oxygens (including phenoxy) is 4. The van der Waals surface area contributed by atoms with Crippen molar-refractivity contribution >= 4 is 35.3 Å². The van der Waals surface area contributed by atoms with E-state index in [-0.39, 0.29) is 28.1 Å². The summed E-state index contributed by atoms with van der Waals surface area (Å²) < 4.78 is 43.5. The van der Waals surface area contributed by atoms with Crippen LogP contribution in [0.5, 0.6) is 11.5 Å². The highest BCUT2D eigenvalue weighted by Gasteiger charge is 2.21. The molecule has 0 aliphatic carbocycles. The number of nitrogens with one attached hydrogen (secondary N) is 1. The molecule has 0 aliphatic heterocycles. The molecule has 34 heavy (non-hydrogen) atoms. The van der Waals surface area contributed by atoms with Gasteiger partial charge in [-0.25, -0.2) is 9.59 Å². The van der Waals surface area contributed by atoms with Crippen molar-refractivity contribution in [2.45, 2.75) is 6.61 Å². The first-order chi connectivity index (χ1) is 16.1. The zero-order valence-electron chi connectivity index (χ0n) is 18.0. The molecule has 0 fully saturated rings. The standard InChI is InChI=1S/C21H18F2N2O9/c1-31-16-9-11(15(25(29)30)10-17(16)34-21(22)23)4-5-18(26)24-14-7-12(19(27)32-2)6-13(8-14)20(28)33-3/h4-10,21H,1-3H3,(H,24,26)/b5-4+. The largest absolute Gasteiger partial charge is 0.493 e. The second-order valence-corrected chi connectivity index (χ2v) is 6.30. The molecule has 0 bridgehead atoms. The molecule has 0 heterocycles. The van der Waals surface area contributed by atoms with Crippen LogP contribution < -0.4 is 14.8 Å². The zero-order valence-corrected chi connectivity index (χ0v) is 18.0. The number of hydrogen-bond acceptors (Lipinski definition) is 9. The number of hydrogen-bond donors (Lipinski definition) is 1. The van der Waals surface area contributed by atoms with E-state index in [1.165, 1.54) is 18.2 Å². The van der Waals surface area contributed by atoms with Gasteiger partial charge in [-0.1, -0.05) is 0 Å². The van der Waals surface area contributed by atoms with Gasteiger partial charge in [0.25, 0.3) is 5.69 Å². The average Bonchev–Trinajstić information content (AvgIpc) is 2.81. The zero-order chi connectivity index (χ0) is 25.4. The number of alkyl halides is 2. The fourth-order valence-electron chi connectivity index (χ4n) is 2.72. The highest BCUT2D eigenvalue weighted by Crippen LogP contribution is 2.36. The lowest BCUT2D eigenvalue weighted by molar-refractivity contribution is -0.385. The van der Waals surface area contributed by atoms with E-state index >= 15 is 0 Å². The van der Waals surface area contributed by atoms with E-state index in [4.69, 9.17) is 4.74 Å². The van der Waals surface area contributed by atoms with Crippen LogP contribution in [0.25, 0.3) is 6.08 Å². The molecule has 11 nitrogen and oxygen atoms in total. The third kappa shape index (κ3) is 6.48. The first-order valence-electron chi connectivity index (χ1n) is 9.21. The first-order valence-corrected chi connectivity index (χ1v) is 9.21. The molecule has 0 radical (unpaired) electrons. The highest BCUT2D eigenvalue weighted by atomic mass is 19.3. The van der Waals surface area contributed by atoms with Crippen molar-refractivity contribution in [3.05, 3.63) is 63.2 Å². The summed E-state index contributed by atoms with van der Waals surface area (Å²) in [6.45, 7) is -3.24. The minimum atomic E-state index is -3.24. The Hall–Kier alpha value is -4.55. The predicted molar refractivity (Wildman–Crippen MR) is 113 cm³/mol. The predicted octanol–water partition coefficient (Wildman–Crippen LogP) is 3.43. The van der Waals surface area contributed by atoms with Gasteiger partial charge in [-0.3, -0.25) is 14.9 Å². The Morgan fingerprint density at radius 1 is 0.971 bits per heavy atom. The third-order valence-electron chi connectivity index (χ3n) is 4.18. The summed E-state index contributed by atoms with van der Waals surface area (Å²) >= 11 is 0. The van der Waals surface area contributed by atoms with E-state index < -0.39 is 40.8 Å². The molecule has 0 aliphatic rings.